The monoisotopic (exact) mass is 418 g/mol. The quantitative estimate of drug-likeness (QED) is 0.309. The molecule has 32 heavy (non-hydrogen) atoms. The average molecular weight is 419 g/mol. The molecule has 5 nitrogen and oxygen atoms in total. The van der Waals surface area contributed by atoms with Gasteiger partial charge in [0.2, 0.25) is 11.9 Å². The molecule has 0 aliphatic heterocycles. The van der Waals surface area contributed by atoms with Crippen LogP contribution in [0.1, 0.15) is 5.56 Å². The van der Waals surface area contributed by atoms with E-state index in [1.807, 2.05) is 78.9 Å². The predicted octanol–water partition coefficient (Wildman–Crippen LogP) is 6.15. The highest BCUT2D eigenvalue weighted by Gasteiger charge is 2.07. The first-order valence-corrected chi connectivity index (χ1v) is 10.5. The van der Waals surface area contributed by atoms with Crippen molar-refractivity contribution in [2.75, 3.05) is 10.6 Å². The summed E-state index contributed by atoms with van der Waals surface area (Å²) < 4.78 is 0. The van der Waals surface area contributed by atoms with Crippen molar-refractivity contribution in [2.24, 2.45) is 0 Å². The van der Waals surface area contributed by atoms with Crippen molar-refractivity contribution < 1.29 is 4.79 Å². The smallest absolute Gasteiger partial charge is 0.228 e. The van der Waals surface area contributed by atoms with Crippen LogP contribution in [0.5, 0.6) is 0 Å². The fourth-order valence-electron chi connectivity index (χ4n) is 3.66. The first kappa shape index (κ1) is 19.6. The molecule has 5 heteroatoms. The number of amides is 1. The number of aromatic nitrogens is 2. The topological polar surface area (TPSA) is 69.8 Å². The van der Waals surface area contributed by atoms with Crippen LogP contribution in [0.15, 0.2) is 103 Å². The number of hydrogen-bond donors (Lipinski definition) is 3. The highest BCUT2D eigenvalue weighted by atomic mass is 16.1. The number of hydrogen-bond acceptors (Lipinski definition) is 3. The van der Waals surface area contributed by atoms with Crippen LogP contribution in [0, 0.1) is 0 Å². The van der Waals surface area contributed by atoms with Gasteiger partial charge in [0, 0.05) is 11.4 Å². The molecule has 0 bridgehead atoms. The lowest BCUT2D eigenvalue weighted by Gasteiger charge is -2.09. The number of nitrogens with one attached hydrogen (secondary N) is 3. The minimum absolute atomic E-state index is 0.0571. The lowest BCUT2D eigenvalue weighted by atomic mass is 10.0. The maximum absolute atomic E-state index is 12.6. The summed E-state index contributed by atoms with van der Waals surface area (Å²) >= 11 is 0. The highest BCUT2D eigenvalue weighted by Crippen LogP contribution is 2.22. The van der Waals surface area contributed by atoms with E-state index in [0.717, 1.165) is 39.1 Å². The summed E-state index contributed by atoms with van der Waals surface area (Å²) in [4.78, 5) is 20.3. The molecule has 3 N–H and O–H groups in total. The van der Waals surface area contributed by atoms with E-state index in [9.17, 15) is 4.79 Å². The van der Waals surface area contributed by atoms with Crippen LogP contribution < -0.4 is 10.6 Å². The number of nitrogens with zero attached hydrogens (tertiary/aromatic N) is 1. The molecule has 1 aromatic heterocycles. The summed E-state index contributed by atoms with van der Waals surface area (Å²) in [6.45, 7) is 0. The summed E-state index contributed by atoms with van der Waals surface area (Å²) in [5, 5.41) is 6.24. The first-order valence-electron chi connectivity index (χ1n) is 10.5. The fraction of sp³-hybridized carbons (Fsp3) is 0.0370. The zero-order valence-corrected chi connectivity index (χ0v) is 17.4. The molecule has 0 radical (unpaired) electrons. The van der Waals surface area contributed by atoms with Gasteiger partial charge in [-0.2, -0.15) is 0 Å². The van der Waals surface area contributed by atoms with Gasteiger partial charge in [-0.1, -0.05) is 72.8 Å². The van der Waals surface area contributed by atoms with Crippen LogP contribution in [0.4, 0.5) is 17.3 Å². The van der Waals surface area contributed by atoms with E-state index in [2.05, 4.69) is 44.9 Å². The Morgan fingerprint density at radius 2 is 1.47 bits per heavy atom. The van der Waals surface area contributed by atoms with E-state index in [0.29, 0.717) is 12.4 Å². The van der Waals surface area contributed by atoms with Gasteiger partial charge in [0.1, 0.15) is 0 Å². The molecule has 5 aromatic rings. The van der Waals surface area contributed by atoms with Gasteiger partial charge >= 0.3 is 0 Å². The second-order valence-corrected chi connectivity index (χ2v) is 7.60. The number of anilines is 3. The van der Waals surface area contributed by atoms with Gasteiger partial charge in [-0.05, 0) is 47.0 Å². The van der Waals surface area contributed by atoms with Crippen molar-refractivity contribution >= 4 is 34.3 Å². The number of benzene rings is 4. The van der Waals surface area contributed by atoms with Crippen molar-refractivity contribution in [3.8, 4) is 11.1 Å². The third-order valence-corrected chi connectivity index (χ3v) is 5.22. The Hall–Kier alpha value is -4.38. The average Bonchev–Trinajstić information content (AvgIpc) is 3.22. The number of imidazole rings is 1. The Labute approximate surface area is 186 Å². The molecule has 1 heterocycles. The SMILES string of the molecule is O=C(Cc1ccc(-c2ccccc2)cc1)Nc1cccc(Nc2nc3ccccc3[nH]2)c1. The molecule has 4 aromatic carbocycles. The van der Waals surface area contributed by atoms with E-state index < -0.39 is 0 Å². The first-order chi connectivity index (χ1) is 15.7. The van der Waals surface area contributed by atoms with E-state index in [4.69, 9.17) is 0 Å². The van der Waals surface area contributed by atoms with Crippen LogP contribution in [0.3, 0.4) is 0 Å². The van der Waals surface area contributed by atoms with Gasteiger partial charge < -0.3 is 15.6 Å². The van der Waals surface area contributed by atoms with Crippen molar-refractivity contribution in [2.45, 2.75) is 6.42 Å². The molecule has 5 rings (SSSR count). The number of fused-ring (bicyclic) bond motifs is 1. The molecule has 0 saturated heterocycles. The number of para-hydroxylation sites is 2. The van der Waals surface area contributed by atoms with Gasteiger partial charge in [-0.25, -0.2) is 4.98 Å². The third-order valence-electron chi connectivity index (χ3n) is 5.22. The molecule has 0 unspecified atom stereocenters. The summed E-state index contributed by atoms with van der Waals surface area (Å²) in [5.41, 5.74) is 6.72. The van der Waals surface area contributed by atoms with E-state index >= 15 is 0 Å². The fourth-order valence-corrected chi connectivity index (χ4v) is 3.66. The molecule has 156 valence electrons. The molecule has 0 fully saturated rings. The Balaban J connectivity index is 1.23. The highest BCUT2D eigenvalue weighted by molar-refractivity contribution is 5.93. The number of carbonyl (C=O) groups excluding carboxylic acids is 1. The normalized spacial score (nSPS) is 10.8. The molecule has 1 amide bonds. The van der Waals surface area contributed by atoms with Gasteiger partial charge in [-0.15, -0.1) is 0 Å². The minimum atomic E-state index is -0.0571. The number of rotatable bonds is 6. The maximum Gasteiger partial charge on any atom is 0.228 e. The second-order valence-electron chi connectivity index (χ2n) is 7.60. The molecule has 0 saturated carbocycles. The number of H-pyrrole nitrogens is 1. The van der Waals surface area contributed by atoms with Crippen molar-refractivity contribution in [1.29, 1.82) is 0 Å². The zero-order valence-electron chi connectivity index (χ0n) is 17.4. The van der Waals surface area contributed by atoms with E-state index in [-0.39, 0.29) is 5.91 Å². The Morgan fingerprint density at radius 3 is 2.28 bits per heavy atom. The molecular formula is C27H22N4O. The predicted molar refractivity (Wildman–Crippen MR) is 130 cm³/mol. The second kappa shape index (κ2) is 8.78. The molecule has 0 spiro atoms. The van der Waals surface area contributed by atoms with Crippen molar-refractivity contribution in [1.82, 2.24) is 9.97 Å². The van der Waals surface area contributed by atoms with Gasteiger partial charge in [0.15, 0.2) is 0 Å². The van der Waals surface area contributed by atoms with Crippen LogP contribution in [0.25, 0.3) is 22.2 Å². The Kier molecular flexibility index (Phi) is 5.37. The van der Waals surface area contributed by atoms with Gasteiger partial charge in [0.05, 0.1) is 17.5 Å². The van der Waals surface area contributed by atoms with Gasteiger partial charge in [0.25, 0.3) is 0 Å². The van der Waals surface area contributed by atoms with Crippen molar-refractivity contribution in [3.63, 3.8) is 0 Å². The largest absolute Gasteiger partial charge is 0.326 e. The minimum Gasteiger partial charge on any atom is -0.326 e. The summed E-state index contributed by atoms with van der Waals surface area (Å²) in [6.07, 6.45) is 0.316. The van der Waals surface area contributed by atoms with Crippen LogP contribution >= 0.6 is 0 Å². The molecule has 0 aliphatic carbocycles. The Bertz CT molecular complexity index is 1320. The summed E-state index contributed by atoms with van der Waals surface area (Å²) in [7, 11) is 0. The third kappa shape index (κ3) is 4.52. The van der Waals surface area contributed by atoms with Crippen LogP contribution in [-0.4, -0.2) is 15.9 Å². The molecule has 0 aliphatic rings. The van der Waals surface area contributed by atoms with Crippen LogP contribution in [-0.2, 0) is 11.2 Å². The van der Waals surface area contributed by atoms with E-state index in [1.54, 1.807) is 0 Å². The van der Waals surface area contributed by atoms with Crippen molar-refractivity contribution in [3.05, 3.63) is 109 Å². The Morgan fingerprint density at radius 1 is 0.750 bits per heavy atom. The van der Waals surface area contributed by atoms with Gasteiger partial charge in [-0.3, -0.25) is 4.79 Å². The number of aromatic amines is 1. The molecular weight excluding hydrogens is 396 g/mol. The molecule has 0 atom stereocenters. The maximum atomic E-state index is 12.6. The lowest BCUT2D eigenvalue weighted by Crippen LogP contribution is -2.14. The summed E-state index contributed by atoms with van der Waals surface area (Å²) in [6, 6.07) is 33.8. The standard InChI is InChI=1S/C27H22N4O/c32-26(17-19-13-15-21(16-14-19)20-7-2-1-3-8-20)28-22-9-6-10-23(18-22)29-27-30-24-11-4-5-12-25(24)31-27/h1-16,18H,17H2,(H,28,32)(H2,29,30,31). The summed E-state index contributed by atoms with van der Waals surface area (Å²) in [5.74, 6) is 0.603. The lowest BCUT2D eigenvalue weighted by molar-refractivity contribution is -0.115. The van der Waals surface area contributed by atoms with Crippen LogP contribution in [0.2, 0.25) is 0 Å². The number of carbonyl (C=O) groups is 1. The van der Waals surface area contributed by atoms with E-state index in [1.165, 1.54) is 0 Å². The zero-order chi connectivity index (χ0) is 21.8.